The van der Waals surface area contributed by atoms with Gasteiger partial charge < -0.3 is 10.2 Å². The Morgan fingerprint density at radius 1 is 0.804 bits per heavy atom. The quantitative estimate of drug-likeness (QED) is 0.160. The summed E-state index contributed by atoms with van der Waals surface area (Å²) in [6.07, 6.45) is 0.909. The molecule has 46 heavy (non-hydrogen) atoms. The van der Waals surface area contributed by atoms with Gasteiger partial charge in [0.25, 0.3) is 10.0 Å². The van der Waals surface area contributed by atoms with Gasteiger partial charge in [-0.3, -0.25) is 13.9 Å². The van der Waals surface area contributed by atoms with E-state index in [4.69, 9.17) is 23.2 Å². The van der Waals surface area contributed by atoms with Crippen molar-refractivity contribution in [1.82, 2.24) is 10.2 Å². The molecule has 0 aliphatic carbocycles. The molecule has 0 radical (unpaired) electrons. The molecule has 4 rings (SSSR count). The Hall–Kier alpha value is -3.85. The average Bonchev–Trinajstić information content (AvgIpc) is 3.03. The van der Waals surface area contributed by atoms with E-state index in [0.29, 0.717) is 27.7 Å². The van der Waals surface area contributed by atoms with Crippen molar-refractivity contribution in [2.45, 2.75) is 64.1 Å². The Bertz CT molecular complexity index is 1770. The molecule has 2 unspecified atom stereocenters. The van der Waals surface area contributed by atoms with Gasteiger partial charge in [0.2, 0.25) is 11.8 Å². The maximum absolute atomic E-state index is 14.6. The molecule has 4 aromatic carbocycles. The monoisotopic (exact) mass is 679 g/mol. The van der Waals surface area contributed by atoms with Crippen LogP contribution >= 0.6 is 23.2 Å². The fourth-order valence-corrected chi connectivity index (χ4v) is 6.71. The number of carbonyl (C=O) groups is 2. The fourth-order valence-electron chi connectivity index (χ4n) is 4.98. The summed E-state index contributed by atoms with van der Waals surface area (Å²) in [5, 5.41) is 3.69. The number of aryl methyl sites for hydroxylation is 2. The maximum atomic E-state index is 14.6. The zero-order valence-electron chi connectivity index (χ0n) is 26.4. The van der Waals surface area contributed by atoms with Gasteiger partial charge in [0.1, 0.15) is 12.6 Å². The minimum Gasteiger partial charge on any atom is -0.352 e. The molecule has 0 aliphatic heterocycles. The second-order valence-corrected chi connectivity index (χ2v) is 14.1. The second kappa shape index (κ2) is 15.6. The minimum atomic E-state index is -4.18. The Kier molecular flexibility index (Phi) is 11.9. The van der Waals surface area contributed by atoms with Crippen LogP contribution in [-0.4, -0.2) is 43.8 Å². The topological polar surface area (TPSA) is 86.8 Å². The summed E-state index contributed by atoms with van der Waals surface area (Å²) < 4.78 is 29.5. The Labute approximate surface area is 282 Å². The van der Waals surface area contributed by atoms with E-state index in [-0.39, 0.29) is 29.8 Å². The number of amides is 2. The average molecular weight is 681 g/mol. The van der Waals surface area contributed by atoms with Crippen molar-refractivity contribution in [3.63, 3.8) is 0 Å². The number of nitrogens with zero attached hydrogens (tertiary/aromatic N) is 2. The van der Waals surface area contributed by atoms with Gasteiger partial charge in [-0.25, -0.2) is 8.42 Å². The summed E-state index contributed by atoms with van der Waals surface area (Å²) in [7, 11) is -4.18. The molecule has 0 heterocycles. The number of benzene rings is 4. The molecule has 0 spiro atoms. The molecular weight excluding hydrogens is 641 g/mol. The van der Waals surface area contributed by atoms with Gasteiger partial charge in [-0.05, 0) is 80.3 Å². The summed E-state index contributed by atoms with van der Waals surface area (Å²) in [6, 6.07) is 26.8. The third-order valence-corrected chi connectivity index (χ3v) is 10.3. The van der Waals surface area contributed by atoms with Crippen LogP contribution in [0, 0.1) is 13.8 Å². The summed E-state index contributed by atoms with van der Waals surface area (Å²) in [6.45, 7) is 7.04. The molecular formula is C36H39Cl2N3O4S. The fraction of sp³-hybridized carbons (Fsp3) is 0.278. The van der Waals surface area contributed by atoms with E-state index in [2.05, 4.69) is 5.32 Å². The van der Waals surface area contributed by atoms with Crippen molar-refractivity contribution in [2.24, 2.45) is 0 Å². The zero-order valence-corrected chi connectivity index (χ0v) is 28.7. The molecule has 2 amide bonds. The predicted octanol–water partition coefficient (Wildman–Crippen LogP) is 7.36. The first kappa shape index (κ1) is 35.0. The first-order valence-electron chi connectivity index (χ1n) is 15.1. The molecule has 242 valence electrons. The summed E-state index contributed by atoms with van der Waals surface area (Å²) in [5.41, 5.74) is 3.56. The van der Waals surface area contributed by atoms with Crippen LogP contribution in [0.1, 0.15) is 42.5 Å². The van der Waals surface area contributed by atoms with Gasteiger partial charge in [-0.1, -0.05) is 96.4 Å². The Morgan fingerprint density at radius 3 is 2.13 bits per heavy atom. The smallest absolute Gasteiger partial charge is 0.264 e. The van der Waals surface area contributed by atoms with Crippen LogP contribution in [0.2, 0.25) is 10.0 Å². The predicted molar refractivity (Wildman–Crippen MR) is 186 cm³/mol. The lowest BCUT2D eigenvalue weighted by Gasteiger charge is -2.34. The van der Waals surface area contributed by atoms with Crippen LogP contribution in [0.3, 0.4) is 0 Å². The lowest BCUT2D eigenvalue weighted by molar-refractivity contribution is -0.140. The van der Waals surface area contributed by atoms with Crippen molar-refractivity contribution >= 4 is 50.7 Å². The third-order valence-electron chi connectivity index (χ3n) is 7.79. The molecule has 0 aromatic heterocycles. The SMILES string of the molecule is CCC(C)NC(=O)C(Cc1ccccc1)N(Cc1ccc(Cl)c(Cl)c1)C(=O)CN(c1cccc(C)c1)S(=O)(=O)c1ccc(C)cc1. The number of hydrogen-bond acceptors (Lipinski definition) is 4. The van der Waals surface area contributed by atoms with Gasteiger partial charge >= 0.3 is 0 Å². The third kappa shape index (κ3) is 8.90. The van der Waals surface area contributed by atoms with Crippen LogP contribution in [0.25, 0.3) is 0 Å². The van der Waals surface area contributed by atoms with E-state index >= 15 is 0 Å². The first-order chi connectivity index (χ1) is 21.9. The van der Waals surface area contributed by atoms with Gasteiger partial charge in [0.15, 0.2) is 0 Å². The highest BCUT2D eigenvalue weighted by Gasteiger charge is 2.35. The lowest BCUT2D eigenvalue weighted by Crippen LogP contribution is -2.54. The molecule has 0 fully saturated rings. The number of anilines is 1. The summed E-state index contributed by atoms with van der Waals surface area (Å²) in [4.78, 5) is 30.0. The van der Waals surface area contributed by atoms with Crippen molar-refractivity contribution in [3.05, 3.63) is 129 Å². The number of sulfonamides is 1. The standard InChI is InChI=1S/C36H39Cl2N3O4S/c1-5-27(4)39-36(43)34(22-28-11-7-6-8-12-28)40(23-29-16-19-32(37)33(38)21-29)35(42)24-41(30-13-9-10-26(3)20-30)46(44,45)31-17-14-25(2)15-18-31/h6-21,27,34H,5,22-24H2,1-4H3,(H,39,43). The van der Waals surface area contributed by atoms with E-state index < -0.39 is 28.5 Å². The number of hydrogen-bond donors (Lipinski definition) is 1. The Balaban J connectivity index is 1.82. The second-order valence-electron chi connectivity index (χ2n) is 11.5. The maximum Gasteiger partial charge on any atom is 0.264 e. The van der Waals surface area contributed by atoms with Crippen LogP contribution in [0.4, 0.5) is 5.69 Å². The summed E-state index contributed by atoms with van der Waals surface area (Å²) in [5.74, 6) is -0.890. The number of halogens is 2. The van der Waals surface area contributed by atoms with Crippen molar-refractivity contribution < 1.29 is 18.0 Å². The van der Waals surface area contributed by atoms with Crippen molar-refractivity contribution in [3.8, 4) is 0 Å². The van der Waals surface area contributed by atoms with Crippen LogP contribution < -0.4 is 9.62 Å². The van der Waals surface area contributed by atoms with Crippen LogP contribution in [0.5, 0.6) is 0 Å². The lowest BCUT2D eigenvalue weighted by atomic mass is 10.0. The van der Waals surface area contributed by atoms with E-state index in [1.165, 1.54) is 17.0 Å². The minimum absolute atomic E-state index is 0.00656. The first-order valence-corrected chi connectivity index (χ1v) is 17.3. The van der Waals surface area contributed by atoms with Gasteiger partial charge in [0.05, 0.1) is 20.6 Å². The molecule has 2 atom stereocenters. The highest BCUT2D eigenvalue weighted by Crippen LogP contribution is 2.27. The number of nitrogens with one attached hydrogen (secondary N) is 1. The van der Waals surface area contributed by atoms with E-state index in [0.717, 1.165) is 21.0 Å². The number of carbonyl (C=O) groups excluding carboxylic acids is 2. The molecule has 0 saturated carbocycles. The van der Waals surface area contributed by atoms with Gasteiger partial charge in [-0.15, -0.1) is 0 Å². The molecule has 0 saturated heterocycles. The molecule has 0 aliphatic rings. The van der Waals surface area contributed by atoms with Crippen molar-refractivity contribution in [2.75, 3.05) is 10.8 Å². The molecule has 1 N–H and O–H groups in total. The number of rotatable bonds is 13. The van der Waals surface area contributed by atoms with E-state index in [1.807, 2.05) is 64.1 Å². The van der Waals surface area contributed by atoms with Crippen molar-refractivity contribution in [1.29, 1.82) is 0 Å². The molecule has 10 heteroatoms. The largest absolute Gasteiger partial charge is 0.352 e. The van der Waals surface area contributed by atoms with E-state index in [1.54, 1.807) is 48.5 Å². The molecule has 0 bridgehead atoms. The van der Waals surface area contributed by atoms with Gasteiger partial charge in [-0.2, -0.15) is 0 Å². The van der Waals surface area contributed by atoms with E-state index in [9.17, 15) is 18.0 Å². The highest BCUT2D eigenvalue weighted by molar-refractivity contribution is 7.92. The Morgan fingerprint density at radius 2 is 1.50 bits per heavy atom. The zero-order chi connectivity index (χ0) is 33.4. The van der Waals surface area contributed by atoms with Gasteiger partial charge in [0, 0.05) is 19.0 Å². The molecule has 4 aromatic rings. The normalized spacial score (nSPS) is 12.7. The molecule has 7 nitrogen and oxygen atoms in total. The van der Waals surface area contributed by atoms with Crippen LogP contribution in [-0.2, 0) is 32.6 Å². The summed E-state index contributed by atoms with van der Waals surface area (Å²) >= 11 is 12.5. The highest BCUT2D eigenvalue weighted by atomic mass is 35.5. The van der Waals surface area contributed by atoms with Crippen LogP contribution in [0.15, 0.2) is 102 Å².